The van der Waals surface area contributed by atoms with Crippen molar-refractivity contribution in [3.05, 3.63) is 57.8 Å². The molecule has 0 aliphatic rings. The van der Waals surface area contributed by atoms with Gasteiger partial charge in [-0.25, -0.2) is 9.18 Å². The first-order valence-corrected chi connectivity index (χ1v) is 5.42. The van der Waals surface area contributed by atoms with Gasteiger partial charge in [-0.2, -0.15) is 0 Å². The largest absolute Gasteiger partial charge is 0.477 e. The summed E-state index contributed by atoms with van der Waals surface area (Å²) in [6.07, 6.45) is 1.43. The third-order valence-electron chi connectivity index (χ3n) is 2.77. The van der Waals surface area contributed by atoms with E-state index in [1.54, 1.807) is 6.92 Å². The number of nitrogens with zero attached hydrogens (tertiary/aromatic N) is 1. The molecule has 0 atom stereocenters. The Kier molecular flexibility index (Phi) is 3.08. The Hall–Kier alpha value is -2.63. The summed E-state index contributed by atoms with van der Waals surface area (Å²) in [4.78, 5) is 23.2. The van der Waals surface area contributed by atoms with Crippen LogP contribution in [0.2, 0.25) is 0 Å². The highest BCUT2D eigenvalue weighted by molar-refractivity contribution is 5.93. The number of pyridine rings is 1. The number of hydrogen-bond donors (Lipinski definition) is 2. The highest BCUT2D eigenvalue weighted by Gasteiger charge is 2.18. The first kappa shape index (κ1) is 12.8. The molecule has 2 rings (SSSR count). The molecule has 0 bridgehead atoms. The Labute approximate surface area is 107 Å². The van der Waals surface area contributed by atoms with Crippen molar-refractivity contribution in [2.24, 2.45) is 0 Å². The zero-order valence-corrected chi connectivity index (χ0v) is 10.1. The Bertz CT molecular complexity index is 705. The van der Waals surface area contributed by atoms with Crippen LogP contribution in [0.5, 0.6) is 0 Å². The van der Waals surface area contributed by atoms with Crippen molar-refractivity contribution in [1.29, 1.82) is 0 Å². The van der Waals surface area contributed by atoms with E-state index in [0.717, 1.165) is 4.57 Å². The summed E-state index contributed by atoms with van der Waals surface area (Å²) >= 11 is 0. The molecule has 0 aliphatic carbocycles. The van der Waals surface area contributed by atoms with E-state index in [4.69, 9.17) is 10.8 Å². The molecule has 0 radical (unpaired) electrons. The van der Waals surface area contributed by atoms with Gasteiger partial charge in [0.2, 0.25) is 0 Å². The second kappa shape index (κ2) is 4.56. The lowest BCUT2D eigenvalue weighted by atomic mass is 10.1. The van der Waals surface area contributed by atoms with Crippen LogP contribution in [0.25, 0.3) is 5.69 Å². The van der Waals surface area contributed by atoms with Crippen LogP contribution in [0, 0.1) is 12.7 Å². The van der Waals surface area contributed by atoms with E-state index in [1.807, 2.05) is 0 Å². The summed E-state index contributed by atoms with van der Waals surface area (Å²) in [6.45, 7) is 1.60. The summed E-state index contributed by atoms with van der Waals surface area (Å²) in [6, 6.07) is 5.15. The van der Waals surface area contributed by atoms with Crippen molar-refractivity contribution >= 4 is 11.7 Å². The lowest BCUT2D eigenvalue weighted by Crippen LogP contribution is -2.27. The van der Waals surface area contributed by atoms with Crippen LogP contribution in [0.15, 0.2) is 35.3 Å². The van der Waals surface area contributed by atoms with Gasteiger partial charge < -0.3 is 10.8 Å². The number of aromatic carboxylic acids is 1. The molecule has 19 heavy (non-hydrogen) atoms. The number of hydrogen-bond acceptors (Lipinski definition) is 3. The number of benzene rings is 1. The minimum Gasteiger partial charge on any atom is -0.477 e. The van der Waals surface area contributed by atoms with Crippen LogP contribution in [-0.2, 0) is 0 Å². The van der Waals surface area contributed by atoms with Crippen LogP contribution in [0.1, 0.15) is 15.9 Å². The second-order valence-corrected chi connectivity index (χ2v) is 4.06. The van der Waals surface area contributed by atoms with Gasteiger partial charge in [-0.05, 0) is 36.8 Å². The van der Waals surface area contributed by atoms with Crippen molar-refractivity contribution in [3.8, 4) is 5.69 Å². The molecule has 0 saturated carbocycles. The zero-order chi connectivity index (χ0) is 14.2. The minimum absolute atomic E-state index is 0.0594. The van der Waals surface area contributed by atoms with Gasteiger partial charge in [0.05, 0.1) is 5.69 Å². The fraction of sp³-hybridized carbons (Fsp3) is 0.0769. The third-order valence-corrected chi connectivity index (χ3v) is 2.77. The predicted octanol–water partition coefficient (Wildman–Crippen LogP) is 1.57. The number of nitrogens with two attached hydrogens (primary N) is 1. The Morgan fingerprint density at radius 1 is 1.32 bits per heavy atom. The number of nitrogen functional groups attached to an aromatic ring is 1. The van der Waals surface area contributed by atoms with Crippen LogP contribution >= 0.6 is 0 Å². The molecule has 0 aliphatic heterocycles. The molecule has 1 heterocycles. The Balaban J connectivity index is 2.75. The maximum absolute atomic E-state index is 12.9. The van der Waals surface area contributed by atoms with E-state index < -0.39 is 22.9 Å². The van der Waals surface area contributed by atoms with Gasteiger partial charge in [0, 0.05) is 11.9 Å². The normalized spacial score (nSPS) is 10.4. The van der Waals surface area contributed by atoms with Crippen LogP contribution in [-0.4, -0.2) is 15.6 Å². The highest BCUT2D eigenvalue weighted by Crippen LogP contribution is 2.15. The SMILES string of the molecule is Cc1cn(-c2ccc(F)cc2)c(=O)c(C(=O)O)c1N. The van der Waals surface area contributed by atoms with E-state index in [9.17, 15) is 14.0 Å². The number of carbonyl (C=O) groups is 1. The quantitative estimate of drug-likeness (QED) is 0.860. The molecule has 3 N–H and O–H groups in total. The molecule has 1 aromatic carbocycles. The first-order valence-electron chi connectivity index (χ1n) is 5.42. The lowest BCUT2D eigenvalue weighted by molar-refractivity contribution is 0.0695. The Morgan fingerprint density at radius 3 is 2.42 bits per heavy atom. The third kappa shape index (κ3) is 2.20. The summed E-state index contributed by atoms with van der Waals surface area (Å²) in [5.74, 6) is -1.83. The van der Waals surface area contributed by atoms with Gasteiger partial charge >= 0.3 is 5.97 Å². The molecule has 0 unspecified atom stereocenters. The van der Waals surface area contributed by atoms with Gasteiger partial charge in [0.1, 0.15) is 11.4 Å². The molecule has 98 valence electrons. The summed E-state index contributed by atoms with van der Waals surface area (Å²) in [5.41, 5.74) is 5.14. The van der Waals surface area contributed by atoms with Gasteiger partial charge in [0.15, 0.2) is 0 Å². The lowest BCUT2D eigenvalue weighted by Gasteiger charge is -2.11. The van der Waals surface area contributed by atoms with E-state index in [1.165, 1.54) is 30.5 Å². The van der Waals surface area contributed by atoms with Crippen molar-refractivity contribution in [2.45, 2.75) is 6.92 Å². The topological polar surface area (TPSA) is 85.3 Å². The number of carboxylic acids is 1. The summed E-state index contributed by atoms with van der Waals surface area (Å²) < 4.78 is 14.0. The molecule has 0 spiro atoms. The van der Waals surface area contributed by atoms with Crippen LogP contribution in [0.4, 0.5) is 10.1 Å². The molecule has 0 saturated heterocycles. The molecular weight excluding hydrogens is 251 g/mol. The molecular formula is C13H11FN2O3. The van der Waals surface area contributed by atoms with Crippen LogP contribution in [0.3, 0.4) is 0 Å². The van der Waals surface area contributed by atoms with Crippen molar-refractivity contribution < 1.29 is 14.3 Å². The van der Waals surface area contributed by atoms with Gasteiger partial charge in [-0.1, -0.05) is 0 Å². The summed E-state index contributed by atoms with van der Waals surface area (Å²) in [5, 5.41) is 9.03. The molecule has 0 amide bonds. The maximum Gasteiger partial charge on any atom is 0.343 e. The zero-order valence-electron chi connectivity index (χ0n) is 10.1. The van der Waals surface area contributed by atoms with Gasteiger partial charge in [0.25, 0.3) is 5.56 Å². The predicted molar refractivity (Wildman–Crippen MR) is 68.1 cm³/mol. The fourth-order valence-corrected chi connectivity index (χ4v) is 1.75. The highest BCUT2D eigenvalue weighted by atomic mass is 19.1. The second-order valence-electron chi connectivity index (χ2n) is 4.06. The Morgan fingerprint density at radius 2 is 1.89 bits per heavy atom. The number of carboxylic acid groups (broad SMARTS) is 1. The van der Waals surface area contributed by atoms with Crippen molar-refractivity contribution in [2.75, 3.05) is 5.73 Å². The van der Waals surface area contributed by atoms with Crippen LogP contribution < -0.4 is 11.3 Å². The fourth-order valence-electron chi connectivity index (χ4n) is 1.75. The number of aromatic nitrogens is 1. The molecule has 1 aromatic heterocycles. The monoisotopic (exact) mass is 262 g/mol. The number of aryl methyl sites for hydroxylation is 1. The average Bonchev–Trinajstić information content (AvgIpc) is 2.35. The van der Waals surface area contributed by atoms with E-state index in [-0.39, 0.29) is 5.69 Å². The first-order chi connectivity index (χ1) is 8.91. The van der Waals surface area contributed by atoms with E-state index in [0.29, 0.717) is 11.3 Å². The maximum atomic E-state index is 12.9. The number of anilines is 1. The van der Waals surface area contributed by atoms with E-state index >= 15 is 0 Å². The smallest absolute Gasteiger partial charge is 0.343 e. The molecule has 2 aromatic rings. The van der Waals surface area contributed by atoms with Crippen molar-refractivity contribution in [1.82, 2.24) is 4.57 Å². The van der Waals surface area contributed by atoms with Gasteiger partial charge in [-0.15, -0.1) is 0 Å². The van der Waals surface area contributed by atoms with E-state index in [2.05, 4.69) is 0 Å². The summed E-state index contributed by atoms with van der Waals surface area (Å²) in [7, 11) is 0. The molecule has 0 fully saturated rings. The standard InChI is InChI=1S/C13H11FN2O3/c1-7-6-16(9-4-2-8(14)3-5-9)12(17)10(11(7)15)13(18)19/h2-6H,15H2,1H3,(H,18,19). The molecule has 6 heteroatoms. The molecule has 5 nitrogen and oxygen atoms in total. The number of rotatable bonds is 2. The minimum atomic E-state index is -1.39. The van der Waals surface area contributed by atoms with Crippen molar-refractivity contribution in [3.63, 3.8) is 0 Å². The average molecular weight is 262 g/mol. The number of halogens is 1. The van der Waals surface area contributed by atoms with Gasteiger partial charge in [-0.3, -0.25) is 9.36 Å².